The number of aryl methyl sites for hydroxylation is 2. The van der Waals surface area contributed by atoms with Gasteiger partial charge in [0.05, 0.1) is 31.9 Å². The SMILES string of the molecule is COc1ccc(CCn2c(-c3ccc(C)cc3)c(NC(=O)c3ccco3)sc2=Nc2ccccc2)cc1OC. The van der Waals surface area contributed by atoms with Gasteiger partial charge in [-0.25, -0.2) is 4.99 Å². The normalized spacial score (nSPS) is 11.4. The number of anilines is 1. The van der Waals surface area contributed by atoms with Crippen molar-refractivity contribution in [3.05, 3.63) is 113 Å². The molecule has 3 aromatic carbocycles. The molecule has 7 nitrogen and oxygen atoms in total. The zero-order chi connectivity index (χ0) is 27.2. The zero-order valence-electron chi connectivity index (χ0n) is 22.0. The zero-order valence-corrected chi connectivity index (χ0v) is 22.8. The summed E-state index contributed by atoms with van der Waals surface area (Å²) in [5, 5.41) is 3.77. The predicted octanol–water partition coefficient (Wildman–Crippen LogP) is 6.86. The molecule has 5 rings (SSSR count). The van der Waals surface area contributed by atoms with Crippen LogP contribution in [0.3, 0.4) is 0 Å². The van der Waals surface area contributed by atoms with Crippen molar-refractivity contribution < 1.29 is 18.7 Å². The molecule has 0 aliphatic rings. The summed E-state index contributed by atoms with van der Waals surface area (Å²) in [6, 6.07) is 27.4. The van der Waals surface area contributed by atoms with Gasteiger partial charge in [-0.05, 0) is 55.3 Å². The first-order chi connectivity index (χ1) is 19.1. The van der Waals surface area contributed by atoms with Crippen molar-refractivity contribution in [2.45, 2.75) is 19.9 Å². The van der Waals surface area contributed by atoms with Gasteiger partial charge in [0.1, 0.15) is 5.00 Å². The largest absolute Gasteiger partial charge is 0.493 e. The molecule has 2 heterocycles. The Bertz CT molecular complexity index is 1620. The topological polar surface area (TPSA) is 78.0 Å². The van der Waals surface area contributed by atoms with Crippen LogP contribution >= 0.6 is 11.3 Å². The lowest BCUT2D eigenvalue weighted by Crippen LogP contribution is -2.18. The summed E-state index contributed by atoms with van der Waals surface area (Å²) < 4.78 is 18.4. The summed E-state index contributed by atoms with van der Waals surface area (Å²) in [6.45, 7) is 2.68. The number of nitrogens with one attached hydrogen (secondary N) is 1. The number of benzene rings is 3. The second kappa shape index (κ2) is 11.9. The Morgan fingerprint density at radius 3 is 2.41 bits per heavy atom. The highest BCUT2D eigenvalue weighted by atomic mass is 32.1. The van der Waals surface area contributed by atoms with Crippen molar-refractivity contribution in [1.29, 1.82) is 0 Å². The van der Waals surface area contributed by atoms with E-state index in [1.54, 1.807) is 26.4 Å². The van der Waals surface area contributed by atoms with Crippen molar-refractivity contribution in [2.75, 3.05) is 19.5 Å². The van der Waals surface area contributed by atoms with Crippen molar-refractivity contribution in [2.24, 2.45) is 4.99 Å². The molecule has 0 saturated carbocycles. The van der Waals surface area contributed by atoms with E-state index >= 15 is 0 Å². The summed E-state index contributed by atoms with van der Waals surface area (Å²) in [5.41, 5.74) is 4.94. The van der Waals surface area contributed by atoms with E-state index in [0.29, 0.717) is 29.5 Å². The Balaban J connectivity index is 1.62. The fourth-order valence-electron chi connectivity index (χ4n) is 4.25. The molecule has 0 unspecified atom stereocenters. The van der Waals surface area contributed by atoms with Gasteiger partial charge in [0.25, 0.3) is 5.91 Å². The van der Waals surface area contributed by atoms with E-state index in [-0.39, 0.29) is 11.7 Å². The standard InChI is InChI=1S/C31H29N3O4S/c1-21-11-14-23(15-12-21)28-30(33-29(35)26-10-7-19-38-26)39-31(32-24-8-5-4-6-9-24)34(28)18-17-22-13-16-25(36-2)27(20-22)37-3/h4-16,19-20H,17-18H2,1-3H3,(H,33,35). The first-order valence-electron chi connectivity index (χ1n) is 12.5. The van der Waals surface area contributed by atoms with Crippen molar-refractivity contribution in [1.82, 2.24) is 4.57 Å². The molecular weight excluding hydrogens is 510 g/mol. The lowest BCUT2D eigenvalue weighted by atomic mass is 10.1. The van der Waals surface area contributed by atoms with Crippen LogP contribution in [0.1, 0.15) is 21.7 Å². The Hall–Kier alpha value is -4.56. The number of aromatic nitrogens is 1. The molecule has 0 radical (unpaired) electrons. The van der Waals surface area contributed by atoms with Crippen LogP contribution in [0.5, 0.6) is 11.5 Å². The highest BCUT2D eigenvalue weighted by Crippen LogP contribution is 2.33. The lowest BCUT2D eigenvalue weighted by molar-refractivity contribution is 0.0997. The number of thiazole rings is 1. The van der Waals surface area contributed by atoms with Gasteiger partial charge in [-0.2, -0.15) is 0 Å². The third-order valence-electron chi connectivity index (χ3n) is 6.26. The molecule has 0 aliphatic carbocycles. The maximum Gasteiger partial charge on any atom is 0.292 e. The number of carbonyl (C=O) groups is 1. The van der Waals surface area contributed by atoms with Crippen molar-refractivity contribution >= 4 is 27.9 Å². The van der Waals surface area contributed by atoms with Crippen LogP contribution in [0, 0.1) is 6.92 Å². The minimum absolute atomic E-state index is 0.247. The number of hydrogen-bond acceptors (Lipinski definition) is 6. The van der Waals surface area contributed by atoms with Crippen LogP contribution in [-0.2, 0) is 13.0 Å². The molecule has 0 atom stereocenters. The van der Waals surface area contributed by atoms with Crippen LogP contribution in [0.25, 0.3) is 11.3 Å². The monoisotopic (exact) mass is 539 g/mol. The number of methoxy groups -OCH3 is 2. The van der Waals surface area contributed by atoms with Crippen LogP contribution < -0.4 is 19.6 Å². The van der Waals surface area contributed by atoms with Gasteiger partial charge < -0.3 is 23.8 Å². The molecule has 0 spiro atoms. The van der Waals surface area contributed by atoms with Crippen LogP contribution in [0.4, 0.5) is 10.7 Å². The van der Waals surface area contributed by atoms with Crippen molar-refractivity contribution in [3.63, 3.8) is 0 Å². The Kier molecular flexibility index (Phi) is 7.94. The van der Waals surface area contributed by atoms with E-state index in [0.717, 1.165) is 32.9 Å². The molecule has 0 saturated heterocycles. The van der Waals surface area contributed by atoms with Gasteiger partial charge in [-0.3, -0.25) is 4.79 Å². The molecule has 0 aliphatic heterocycles. The number of para-hydroxylation sites is 1. The highest BCUT2D eigenvalue weighted by Gasteiger charge is 2.20. The number of amides is 1. The summed E-state index contributed by atoms with van der Waals surface area (Å²) >= 11 is 1.43. The first-order valence-corrected chi connectivity index (χ1v) is 13.3. The van der Waals surface area contributed by atoms with E-state index in [1.165, 1.54) is 17.6 Å². The average molecular weight is 540 g/mol. The van der Waals surface area contributed by atoms with Gasteiger partial charge in [0.15, 0.2) is 22.1 Å². The maximum absolute atomic E-state index is 13.0. The van der Waals surface area contributed by atoms with E-state index in [2.05, 4.69) is 41.1 Å². The van der Waals surface area contributed by atoms with E-state index in [1.807, 2.05) is 48.5 Å². The summed E-state index contributed by atoms with van der Waals surface area (Å²) in [4.78, 5) is 18.8. The Morgan fingerprint density at radius 1 is 0.949 bits per heavy atom. The first kappa shape index (κ1) is 26.1. The highest BCUT2D eigenvalue weighted by molar-refractivity contribution is 7.14. The van der Waals surface area contributed by atoms with Gasteiger partial charge >= 0.3 is 0 Å². The second-order valence-corrected chi connectivity index (χ2v) is 9.88. The number of rotatable bonds is 9. The van der Waals surface area contributed by atoms with E-state index in [4.69, 9.17) is 18.9 Å². The maximum atomic E-state index is 13.0. The fourth-order valence-corrected chi connectivity index (χ4v) is 5.34. The minimum atomic E-state index is -0.312. The number of hydrogen-bond donors (Lipinski definition) is 1. The molecule has 2 aromatic heterocycles. The molecular formula is C31H29N3O4S. The molecule has 8 heteroatoms. The van der Waals surface area contributed by atoms with Gasteiger partial charge in [-0.15, -0.1) is 0 Å². The van der Waals surface area contributed by atoms with E-state index < -0.39 is 0 Å². The quantitative estimate of drug-likeness (QED) is 0.222. The van der Waals surface area contributed by atoms with E-state index in [9.17, 15) is 4.79 Å². The van der Waals surface area contributed by atoms with Gasteiger partial charge in [0.2, 0.25) is 0 Å². The summed E-state index contributed by atoms with van der Waals surface area (Å²) in [5.74, 6) is 1.31. The Morgan fingerprint density at radius 2 is 1.72 bits per heavy atom. The molecule has 39 heavy (non-hydrogen) atoms. The number of furan rings is 1. The molecule has 198 valence electrons. The summed E-state index contributed by atoms with van der Waals surface area (Å²) in [7, 11) is 3.26. The lowest BCUT2D eigenvalue weighted by Gasteiger charge is -2.13. The predicted molar refractivity (Wildman–Crippen MR) is 154 cm³/mol. The average Bonchev–Trinajstić information content (AvgIpc) is 3.61. The van der Waals surface area contributed by atoms with Crippen LogP contribution in [0.15, 0.2) is 101 Å². The third kappa shape index (κ3) is 5.97. The Labute approximate surface area is 231 Å². The number of ether oxygens (including phenoxy) is 2. The van der Waals surface area contributed by atoms with Crippen LogP contribution in [-0.4, -0.2) is 24.7 Å². The molecule has 0 bridgehead atoms. The van der Waals surface area contributed by atoms with Gasteiger partial charge in [-0.1, -0.05) is 65.4 Å². The van der Waals surface area contributed by atoms with Gasteiger partial charge in [0, 0.05) is 12.1 Å². The molecule has 1 N–H and O–H groups in total. The second-order valence-electron chi connectivity index (χ2n) is 8.90. The molecule has 5 aromatic rings. The van der Waals surface area contributed by atoms with Crippen LogP contribution in [0.2, 0.25) is 0 Å². The van der Waals surface area contributed by atoms with Crippen molar-refractivity contribution in [3.8, 4) is 22.8 Å². The molecule has 1 amide bonds. The fraction of sp³-hybridized carbons (Fsp3) is 0.161. The molecule has 0 fully saturated rings. The number of nitrogens with zero attached hydrogens (tertiary/aromatic N) is 2. The number of carbonyl (C=O) groups excluding carboxylic acids is 1. The summed E-state index contributed by atoms with van der Waals surface area (Å²) in [6.07, 6.45) is 2.20. The smallest absolute Gasteiger partial charge is 0.292 e. The minimum Gasteiger partial charge on any atom is -0.493 e. The third-order valence-corrected chi connectivity index (χ3v) is 7.25.